The summed E-state index contributed by atoms with van der Waals surface area (Å²) in [5.41, 5.74) is 4.39. The summed E-state index contributed by atoms with van der Waals surface area (Å²) in [7, 11) is 0. The molecule has 2 aliphatic heterocycles. The zero-order valence-electron chi connectivity index (χ0n) is 17.3. The molecule has 5 nitrogen and oxygen atoms in total. The lowest BCUT2D eigenvalue weighted by atomic mass is 10.0. The molecule has 0 spiro atoms. The quantitative estimate of drug-likeness (QED) is 0.678. The second-order valence-corrected chi connectivity index (χ2v) is 8.62. The van der Waals surface area contributed by atoms with Gasteiger partial charge in [0.2, 0.25) is 0 Å². The maximum Gasteiger partial charge on any atom is 0.251 e. The van der Waals surface area contributed by atoms with Crippen molar-refractivity contribution in [3.05, 3.63) is 48.2 Å². The van der Waals surface area contributed by atoms with Crippen LogP contribution in [0.1, 0.15) is 24.8 Å². The number of benzene rings is 1. The van der Waals surface area contributed by atoms with Crippen molar-refractivity contribution in [3.63, 3.8) is 0 Å². The Morgan fingerprint density at radius 2 is 1.94 bits per heavy atom. The second kappa shape index (κ2) is 7.93. The highest BCUT2D eigenvalue weighted by atomic mass is 19.3. The van der Waals surface area contributed by atoms with E-state index in [0.717, 1.165) is 54.0 Å². The van der Waals surface area contributed by atoms with Gasteiger partial charge in [0.15, 0.2) is 0 Å². The Hall–Kier alpha value is -2.98. The van der Waals surface area contributed by atoms with Crippen LogP contribution >= 0.6 is 0 Å². The Labute approximate surface area is 180 Å². The monoisotopic (exact) mass is 421 g/mol. The zero-order chi connectivity index (χ0) is 21.4. The highest BCUT2D eigenvalue weighted by molar-refractivity contribution is 5.88. The lowest BCUT2D eigenvalue weighted by Crippen LogP contribution is -2.40. The molecule has 2 aliphatic rings. The molecule has 2 fully saturated rings. The summed E-state index contributed by atoms with van der Waals surface area (Å²) in [5, 5.41) is 12.6. The molecule has 31 heavy (non-hydrogen) atoms. The number of anilines is 1. The fraction of sp³-hybridized carbons (Fsp3) is 0.417. The molecule has 2 saturated heterocycles. The smallest absolute Gasteiger partial charge is 0.251 e. The summed E-state index contributed by atoms with van der Waals surface area (Å²) in [6, 6.07) is 13.7. The average molecular weight is 421 g/mol. The fourth-order valence-corrected chi connectivity index (χ4v) is 4.63. The number of nitrogens with one attached hydrogen (secondary N) is 1. The number of nitriles is 1. The Kier molecular flexibility index (Phi) is 5.11. The first kappa shape index (κ1) is 20.0. The van der Waals surface area contributed by atoms with Gasteiger partial charge in [0, 0.05) is 44.2 Å². The molecule has 0 unspecified atom stereocenters. The van der Waals surface area contributed by atoms with Crippen molar-refractivity contribution in [1.29, 1.82) is 5.26 Å². The third-order valence-electron chi connectivity index (χ3n) is 6.47. The topological polar surface area (TPSA) is 56.9 Å². The Morgan fingerprint density at radius 1 is 1.16 bits per heavy atom. The molecule has 0 amide bonds. The summed E-state index contributed by atoms with van der Waals surface area (Å²) in [5.74, 6) is -1.26. The van der Waals surface area contributed by atoms with Gasteiger partial charge in [0.05, 0.1) is 22.7 Å². The Bertz CT molecular complexity index is 1110. The lowest BCUT2D eigenvalue weighted by molar-refractivity contribution is -0.0221. The van der Waals surface area contributed by atoms with E-state index in [1.807, 2.05) is 23.1 Å². The summed E-state index contributed by atoms with van der Waals surface area (Å²) in [6.45, 7) is 3.57. The first-order valence-corrected chi connectivity index (χ1v) is 10.9. The third-order valence-corrected chi connectivity index (χ3v) is 6.47. The van der Waals surface area contributed by atoms with Crippen molar-refractivity contribution in [2.75, 3.05) is 31.1 Å². The zero-order valence-corrected chi connectivity index (χ0v) is 17.3. The number of aromatic nitrogens is 2. The van der Waals surface area contributed by atoms with Crippen LogP contribution in [-0.2, 0) is 6.54 Å². The molecule has 1 atom stereocenters. The number of fused-ring (bicyclic) bond motifs is 1. The van der Waals surface area contributed by atoms with E-state index < -0.39 is 5.92 Å². The van der Waals surface area contributed by atoms with Gasteiger partial charge < -0.3 is 14.8 Å². The van der Waals surface area contributed by atoms with Gasteiger partial charge in [0.1, 0.15) is 5.82 Å². The standard InChI is InChI=1S/C24H25F2N5/c25-24(26)7-11-30(12-8-24)23-20(19-3-1-17(14-27)2-4-19)13-22-21(29-23)6-10-31(22)16-18-5-9-28-15-18/h1-4,6,10,13,18,28H,5,7-9,11-12,15-16H2/t18-/m0/s1. The Morgan fingerprint density at radius 3 is 2.61 bits per heavy atom. The predicted octanol–water partition coefficient (Wildman–Crippen LogP) is 4.42. The Balaban J connectivity index is 1.57. The van der Waals surface area contributed by atoms with E-state index in [1.165, 1.54) is 0 Å². The van der Waals surface area contributed by atoms with E-state index in [4.69, 9.17) is 10.2 Å². The van der Waals surface area contributed by atoms with Gasteiger partial charge in [-0.05, 0) is 55.3 Å². The van der Waals surface area contributed by atoms with E-state index in [1.54, 1.807) is 12.1 Å². The van der Waals surface area contributed by atoms with Crippen molar-refractivity contribution in [2.45, 2.75) is 31.7 Å². The fourth-order valence-electron chi connectivity index (χ4n) is 4.63. The normalized spacial score (nSPS) is 20.8. The molecule has 0 radical (unpaired) electrons. The van der Waals surface area contributed by atoms with Gasteiger partial charge in [0.25, 0.3) is 5.92 Å². The van der Waals surface area contributed by atoms with Gasteiger partial charge in [-0.15, -0.1) is 0 Å². The summed E-state index contributed by atoms with van der Waals surface area (Å²) in [6.07, 6.45) is 2.92. The average Bonchev–Trinajstić information content (AvgIpc) is 3.43. The highest BCUT2D eigenvalue weighted by Gasteiger charge is 2.35. The third kappa shape index (κ3) is 4.00. The van der Waals surface area contributed by atoms with E-state index in [-0.39, 0.29) is 25.9 Å². The number of nitrogens with zero attached hydrogens (tertiary/aromatic N) is 4. The lowest BCUT2D eigenvalue weighted by Gasteiger charge is -2.33. The van der Waals surface area contributed by atoms with E-state index >= 15 is 0 Å². The molecule has 0 bridgehead atoms. The van der Waals surface area contributed by atoms with E-state index in [2.05, 4.69) is 28.2 Å². The van der Waals surface area contributed by atoms with Crippen LogP contribution in [0.25, 0.3) is 22.2 Å². The molecule has 3 aromatic rings. The molecular weight excluding hydrogens is 396 g/mol. The van der Waals surface area contributed by atoms with Crippen LogP contribution in [0.4, 0.5) is 14.6 Å². The molecule has 4 heterocycles. The molecule has 2 aromatic heterocycles. The number of hydrogen-bond donors (Lipinski definition) is 1. The number of piperidine rings is 1. The molecule has 160 valence electrons. The van der Waals surface area contributed by atoms with E-state index in [9.17, 15) is 8.78 Å². The minimum atomic E-state index is -2.60. The molecule has 1 N–H and O–H groups in total. The number of hydrogen-bond acceptors (Lipinski definition) is 4. The highest BCUT2D eigenvalue weighted by Crippen LogP contribution is 2.37. The van der Waals surface area contributed by atoms with Crippen molar-refractivity contribution < 1.29 is 8.78 Å². The molecule has 5 rings (SSSR count). The molecule has 7 heteroatoms. The minimum absolute atomic E-state index is 0.158. The largest absolute Gasteiger partial charge is 0.356 e. The predicted molar refractivity (Wildman–Crippen MR) is 117 cm³/mol. The van der Waals surface area contributed by atoms with Crippen molar-refractivity contribution >= 4 is 16.9 Å². The molecule has 0 saturated carbocycles. The van der Waals surface area contributed by atoms with Crippen LogP contribution in [-0.4, -0.2) is 41.7 Å². The van der Waals surface area contributed by atoms with Crippen LogP contribution in [0.3, 0.4) is 0 Å². The first-order valence-electron chi connectivity index (χ1n) is 10.9. The van der Waals surface area contributed by atoms with Gasteiger partial charge in [-0.25, -0.2) is 13.8 Å². The summed E-state index contributed by atoms with van der Waals surface area (Å²) in [4.78, 5) is 6.92. The number of halogens is 2. The summed E-state index contributed by atoms with van der Waals surface area (Å²) < 4.78 is 29.8. The summed E-state index contributed by atoms with van der Waals surface area (Å²) >= 11 is 0. The number of alkyl halides is 2. The molecular formula is C24H25F2N5. The first-order chi connectivity index (χ1) is 15.0. The van der Waals surface area contributed by atoms with Gasteiger partial charge in [-0.3, -0.25) is 0 Å². The number of pyridine rings is 1. The SMILES string of the molecule is N#Cc1ccc(-c2cc3c(ccn3C[C@H]3CCNC3)nc2N2CCC(F)(F)CC2)cc1. The number of rotatable bonds is 4. The second-order valence-electron chi connectivity index (χ2n) is 8.62. The maximum absolute atomic E-state index is 13.8. The maximum atomic E-state index is 13.8. The van der Waals surface area contributed by atoms with Crippen LogP contribution in [0.2, 0.25) is 0 Å². The molecule has 1 aromatic carbocycles. The minimum Gasteiger partial charge on any atom is -0.356 e. The van der Waals surface area contributed by atoms with Gasteiger partial charge in [-0.1, -0.05) is 12.1 Å². The van der Waals surface area contributed by atoms with Crippen LogP contribution in [0, 0.1) is 17.2 Å². The molecule has 0 aliphatic carbocycles. The van der Waals surface area contributed by atoms with Crippen molar-refractivity contribution in [1.82, 2.24) is 14.9 Å². The van der Waals surface area contributed by atoms with Gasteiger partial charge in [-0.2, -0.15) is 5.26 Å². The van der Waals surface area contributed by atoms with E-state index in [0.29, 0.717) is 11.5 Å². The van der Waals surface area contributed by atoms with Gasteiger partial charge >= 0.3 is 0 Å². The van der Waals surface area contributed by atoms with Crippen LogP contribution in [0.15, 0.2) is 42.6 Å². The van der Waals surface area contributed by atoms with Crippen LogP contribution < -0.4 is 10.2 Å². The van der Waals surface area contributed by atoms with Crippen molar-refractivity contribution in [3.8, 4) is 17.2 Å². The van der Waals surface area contributed by atoms with Crippen LogP contribution in [0.5, 0.6) is 0 Å². The van der Waals surface area contributed by atoms with Crippen molar-refractivity contribution in [2.24, 2.45) is 5.92 Å².